The van der Waals surface area contributed by atoms with Gasteiger partial charge in [0.15, 0.2) is 10.3 Å². The summed E-state index contributed by atoms with van der Waals surface area (Å²) in [6.45, 7) is 1.80. The maximum absolute atomic E-state index is 12.5. The molecule has 1 unspecified atom stereocenters. The summed E-state index contributed by atoms with van der Waals surface area (Å²) < 4.78 is 1.65. The Kier molecular flexibility index (Phi) is 7.47. The highest BCUT2D eigenvalue weighted by molar-refractivity contribution is 7.80. The van der Waals surface area contributed by atoms with Gasteiger partial charge < -0.3 is 15.3 Å². The molecule has 1 aromatic heterocycles. The first-order valence-corrected chi connectivity index (χ1v) is 10.5. The van der Waals surface area contributed by atoms with E-state index in [0.29, 0.717) is 26.7 Å². The van der Waals surface area contributed by atoms with Gasteiger partial charge in [-0.15, -0.1) is 35.5 Å². The summed E-state index contributed by atoms with van der Waals surface area (Å²) >= 11 is 14.4. The molecule has 2 aromatic carbocycles. The molecule has 0 aliphatic carbocycles. The van der Waals surface area contributed by atoms with Crippen LogP contribution in [0.25, 0.3) is 5.69 Å². The molecule has 11 heteroatoms. The molecule has 2 N–H and O–H groups in total. The van der Waals surface area contributed by atoms with E-state index in [1.54, 1.807) is 64.9 Å². The Morgan fingerprint density at radius 1 is 1.10 bits per heavy atom. The number of thiol groups is 2. The summed E-state index contributed by atoms with van der Waals surface area (Å²) in [5.74, 6) is -1.22. The Morgan fingerprint density at radius 2 is 1.68 bits per heavy atom. The zero-order chi connectivity index (χ0) is 22.5. The van der Waals surface area contributed by atoms with Crippen molar-refractivity contribution in [1.82, 2.24) is 14.8 Å². The summed E-state index contributed by atoms with van der Waals surface area (Å²) in [4.78, 5) is 25.6. The quantitative estimate of drug-likeness (QED) is 0.368. The minimum absolute atomic E-state index is 0.106. The number of carbonyl (C=O) groups excluding carboxylic acids is 1. The van der Waals surface area contributed by atoms with Gasteiger partial charge in [-0.2, -0.15) is 0 Å². The first-order valence-electron chi connectivity index (χ1n) is 9.25. The number of hydrogen-bond acceptors (Lipinski definition) is 7. The molecule has 1 amide bonds. The molecular weight excluding hydrogens is 458 g/mol. The normalized spacial score (nSPS) is 11.7. The lowest BCUT2D eigenvalue weighted by molar-refractivity contribution is -0.138. The standard InChI is InChI=1S/C20H20ClN5O3S2/c1-12(18(28)29)25(15-6-2-13(21)3-7-15)11-10-17(27)22-14-4-8-16(9-5-14)26-19(30)23-24-20(26)31/h2-9,12H,10-11H2,1H3,(H,22,27)(H,23,30)(H,24,31)(H,28,29). The van der Waals surface area contributed by atoms with Crippen molar-refractivity contribution in [3.63, 3.8) is 0 Å². The first-order chi connectivity index (χ1) is 14.8. The lowest BCUT2D eigenvalue weighted by Gasteiger charge is -2.28. The van der Waals surface area contributed by atoms with E-state index in [4.69, 9.17) is 11.6 Å². The molecule has 0 radical (unpaired) electrons. The van der Waals surface area contributed by atoms with Gasteiger partial charge >= 0.3 is 5.97 Å². The molecule has 0 spiro atoms. The summed E-state index contributed by atoms with van der Waals surface area (Å²) in [7, 11) is 0. The number of halogens is 1. The van der Waals surface area contributed by atoms with Gasteiger partial charge in [0.1, 0.15) is 6.04 Å². The van der Waals surface area contributed by atoms with Crippen LogP contribution < -0.4 is 10.2 Å². The summed E-state index contributed by atoms with van der Waals surface area (Å²) in [6.07, 6.45) is 0.106. The van der Waals surface area contributed by atoms with Crippen LogP contribution >= 0.6 is 36.9 Å². The van der Waals surface area contributed by atoms with Crippen LogP contribution in [0.1, 0.15) is 13.3 Å². The molecule has 0 bridgehead atoms. The highest BCUT2D eigenvalue weighted by atomic mass is 35.5. The van der Waals surface area contributed by atoms with Crippen LogP contribution in [0.15, 0.2) is 58.8 Å². The molecule has 1 atom stereocenters. The molecule has 0 fully saturated rings. The molecule has 162 valence electrons. The topological polar surface area (TPSA) is 100 Å². The zero-order valence-corrected chi connectivity index (χ0v) is 19.0. The third kappa shape index (κ3) is 5.72. The molecule has 0 aliphatic rings. The monoisotopic (exact) mass is 477 g/mol. The van der Waals surface area contributed by atoms with Crippen molar-refractivity contribution < 1.29 is 14.7 Å². The molecule has 31 heavy (non-hydrogen) atoms. The van der Waals surface area contributed by atoms with Gasteiger partial charge in [0.05, 0.1) is 5.69 Å². The van der Waals surface area contributed by atoms with Gasteiger partial charge in [-0.1, -0.05) is 11.6 Å². The maximum atomic E-state index is 12.5. The van der Waals surface area contributed by atoms with Gasteiger partial charge in [-0.25, -0.2) is 4.79 Å². The van der Waals surface area contributed by atoms with Crippen LogP contribution in [-0.2, 0) is 9.59 Å². The number of carbonyl (C=O) groups is 2. The number of aromatic nitrogens is 3. The number of benzene rings is 2. The van der Waals surface area contributed by atoms with E-state index in [9.17, 15) is 14.7 Å². The van der Waals surface area contributed by atoms with Crippen molar-refractivity contribution in [2.75, 3.05) is 16.8 Å². The average Bonchev–Trinajstić information content (AvgIpc) is 3.08. The van der Waals surface area contributed by atoms with Gasteiger partial charge in [0.2, 0.25) is 5.91 Å². The zero-order valence-electron chi connectivity index (χ0n) is 16.4. The van der Waals surface area contributed by atoms with E-state index in [1.165, 1.54) is 0 Å². The molecule has 0 saturated carbocycles. The van der Waals surface area contributed by atoms with Gasteiger partial charge in [0.25, 0.3) is 0 Å². The lowest BCUT2D eigenvalue weighted by Crippen LogP contribution is -2.40. The number of nitrogens with zero attached hydrogens (tertiary/aromatic N) is 4. The Morgan fingerprint density at radius 3 is 2.23 bits per heavy atom. The molecule has 3 aromatic rings. The van der Waals surface area contributed by atoms with Crippen LogP contribution in [0, 0.1) is 0 Å². The predicted molar refractivity (Wildman–Crippen MR) is 125 cm³/mol. The molecule has 1 heterocycles. The second-order valence-corrected chi connectivity index (χ2v) is 7.90. The van der Waals surface area contributed by atoms with Crippen LogP contribution in [0.5, 0.6) is 0 Å². The molecule has 8 nitrogen and oxygen atoms in total. The van der Waals surface area contributed by atoms with E-state index in [0.717, 1.165) is 5.69 Å². The van der Waals surface area contributed by atoms with E-state index in [-0.39, 0.29) is 18.9 Å². The molecule has 3 rings (SSSR count). The van der Waals surface area contributed by atoms with E-state index >= 15 is 0 Å². The van der Waals surface area contributed by atoms with Crippen molar-refractivity contribution in [2.45, 2.75) is 29.7 Å². The largest absolute Gasteiger partial charge is 0.480 e. The summed E-state index contributed by atoms with van der Waals surface area (Å²) in [5.41, 5.74) is 2.03. The first kappa shape index (κ1) is 23.0. The van der Waals surface area contributed by atoms with Crippen LogP contribution in [0.4, 0.5) is 11.4 Å². The highest BCUT2D eigenvalue weighted by Crippen LogP contribution is 2.22. The molecule has 0 saturated heterocycles. The fourth-order valence-corrected chi connectivity index (χ4v) is 3.67. The van der Waals surface area contributed by atoms with Crippen molar-refractivity contribution in [3.05, 3.63) is 53.6 Å². The highest BCUT2D eigenvalue weighted by Gasteiger charge is 2.22. The van der Waals surface area contributed by atoms with Gasteiger partial charge in [-0.05, 0) is 55.5 Å². The van der Waals surface area contributed by atoms with Gasteiger partial charge in [-0.3, -0.25) is 9.36 Å². The number of nitrogens with one attached hydrogen (secondary N) is 1. The average molecular weight is 478 g/mol. The summed E-state index contributed by atoms with van der Waals surface area (Å²) in [6, 6.07) is 13.1. The smallest absolute Gasteiger partial charge is 0.326 e. The fourth-order valence-electron chi connectivity index (χ4n) is 2.95. The second kappa shape index (κ2) is 10.1. The number of aliphatic carboxylic acids is 1. The summed E-state index contributed by atoms with van der Waals surface area (Å²) in [5, 5.41) is 21.3. The Hall–Kier alpha value is -2.69. The number of rotatable bonds is 8. The van der Waals surface area contributed by atoms with E-state index in [2.05, 4.69) is 40.8 Å². The Balaban J connectivity index is 1.65. The number of amides is 1. The number of hydrogen-bond donors (Lipinski definition) is 4. The lowest BCUT2D eigenvalue weighted by atomic mass is 10.2. The van der Waals surface area contributed by atoms with Crippen LogP contribution in [-0.4, -0.2) is 44.3 Å². The van der Waals surface area contributed by atoms with E-state index in [1.807, 2.05) is 0 Å². The third-order valence-corrected chi connectivity index (χ3v) is 5.43. The van der Waals surface area contributed by atoms with Crippen LogP contribution in [0.2, 0.25) is 5.02 Å². The minimum atomic E-state index is -0.980. The number of carboxylic acid groups (broad SMARTS) is 1. The van der Waals surface area contributed by atoms with Crippen molar-refractivity contribution in [1.29, 1.82) is 0 Å². The van der Waals surface area contributed by atoms with Crippen molar-refractivity contribution >= 4 is 60.1 Å². The molecular formula is C20H20ClN5O3S2. The van der Waals surface area contributed by atoms with Crippen molar-refractivity contribution in [3.8, 4) is 5.69 Å². The predicted octanol–water partition coefficient (Wildman–Crippen LogP) is 3.81. The van der Waals surface area contributed by atoms with Crippen LogP contribution in [0.3, 0.4) is 0 Å². The Labute approximate surface area is 195 Å². The number of anilines is 2. The second-order valence-electron chi connectivity index (χ2n) is 6.66. The minimum Gasteiger partial charge on any atom is -0.480 e. The molecule has 0 aliphatic heterocycles. The van der Waals surface area contributed by atoms with E-state index < -0.39 is 12.0 Å². The Bertz CT molecular complexity index is 1050. The number of carboxylic acids is 1. The SMILES string of the molecule is CC(C(=O)O)N(CCC(=O)Nc1ccc(-n2c(S)nnc2S)cc1)c1ccc(Cl)cc1. The van der Waals surface area contributed by atoms with Crippen molar-refractivity contribution in [2.24, 2.45) is 0 Å². The van der Waals surface area contributed by atoms with Gasteiger partial charge in [0, 0.05) is 29.4 Å². The third-order valence-electron chi connectivity index (χ3n) is 4.60. The maximum Gasteiger partial charge on any atom is 0.326 e. The fraction of sp³-hybridized carbons (Fsp3) is 0.200.